The minimum atomic E-state index is -0.735. The zero-order chi connectivity index (χ0) is 17.2. The molecule has 0 fully saturated rings. The lowest BCUT2D eigenvalue weighted by Crippen LogP contribution is -2.39. The Balaban J connectivity index is 2.31. The Hall–Kier alpha value is -2.37. The number of hydrogen-bond donors (Lipinski definition) is 0. The molecule has 6 heteroatoms. The van der Waals surface area contributed by atoms with E-state index in [0.29, 0.717) is 11.3 Å². The van der Waals surface area contributed by atoms with Gasteiger partial charge in [-0.25, -0.2) is 9.69 Å². The van der Waals surface area contributed by atoms with Gasteiger partial charge in [-0.1, -0.05) is 18.2 Å². The predicted octanol–water partition coefficient (Wildman–Crippen LogP) is 3.01. The molecule has 0 bridgehead atoms. The van der Waals surface area contributed by atoms with Crippen molar-refractivity contribution in [3.05, 3.63) is 29.8 Å². The summed E-state index contributed by atoms with van der Waals surface area (Å²) in [6, 6.07) is 6.91. The molecule has 6 nitrogen and oxygen atoms in total. The van der Waals surface area contributed by atoms with Crippen molar-refractivity contribution >= 4 is 23.7 Å². The summed E-state index contributed by atoms with van der Waals surface area (Å²) < 4.78 is 10.2. The van der Waals surface area contributed by atoms with Crippen LogP contribution < -0.4 is 4.90 Å². The number of benzene rings is 1. The van der Waals surface area contributed by atoms with Gasteiger partial charge in [-0.3, -0.25) is 9.59 Å². The quantitative estimate of drug-likeness (QED) is 0.801. The molecule has 1 aliphatic heterocycles. The van der Waals surface area contributed by atoms with Gasteiger partial charge in [0.15, 0.2) is 0 Å². The van der Waals surface area contributed by atoms with Crippen molar-refractivity contribution in [3.8, 4) is 0 Å². The fourth-order valence-corrected chi connectivity index (χ4v) is 2.47. The van der Waals surface area contributed by atoms with Gasteiger partial charge in [-0.05, 0) is 39.3 Å². The molecule has 0 aliphatic carbocycles. The van der Waals surface area contributed by atoms with Gasteiger partial charge in [-0.2, -0.15) is 0 Å². The van der Waals surface area contributed by atoms with Crippen molar-refractivity contribution < 1.29 is 23.9 Å². The number of carbonyl (C=O) groups excluding carboxylic acids is 3. The lowest BCUT2D eigenvalue weighted by molar-refractivity contribution is -0.144. The first-order chi connectivity index (χ1) is 10.7. The van der Waals surface area contributed by atoms with Crippen LogP contribution in [0.2, 0.25) is 0 Å². The molecule has 0 saturated carbocycles. The van der Waals surface area contributed by atoms with Gasteiger partial charge in [0.1, 0.15) is 5.60 Å². The molecule has 0 aromatic heterocycles. The molecule has 1 atom stereocenters. The Kier molecular flexibility index (Phi) is 4.73. The van der Waals surface area contributed by atoms with E-state index in [2.05, 4.69) is 0 Å². The van der Waals surface area contributed by atoms with Crippen molar-refractivity contribution in [1.29, 1.82) is 0 Å². The molecular weight excluding hydrogens is 298 g/mol. The van der Waals surface area contributed by atoms with E-state index in [1.807, 2.05) is 0 Å². The molecule has 2 rings (SSSR count). The molecule has 0 saturated heterocycles. The number of hydrogen-bond acceptors (Lipinski definition) is 5. The van der Waals surface area contributed by atoms with E-state index in [4.69, 9.17) is 9.47 Å². The van der Waals surface area contributed by atoms with E-state index < -0.39 is 29.5 Å². The maximum Gasteiger partial charge on any atom is 0.421 e. The van der Waals surface area contributed by atoms with Crippen molar-refractivity contribution in [3.63, 3.8) is 0 Å². The third kappa shape index (κ3) is 3.70. The van der Waals surface area contributed by atoms with E-state index in [1.54, 1.807) is 52.0 Å². The predicted molar refractivity (Wildman–Crippen MR) is 84.2 cm³/mol. The number of nitrogens with zero attached hydrogens (tertiary/aromatic N) is 1. The lowest BCUT2D eigenvalue weighted by Gasteiger charge is -2.24. The van der Waals surface area contributed by atoms with E-state index in [0.717, 1.165) is 4.90 Å². The van der Waals surface area contributed by atoms with Gasteiger partial charge in [0, 0.05) is 0 Å². The first-order valence-corrected chi connectivity index (χ1v) is 7.56. The maximum atomic E-state index is 12.6. The highest BCUT2D eigenvalue weighted by molar-refractivity contribution is 6.19. The van der Waals surface area contributed by atoms with Crippen LogP contribution in [0.5, 0.6) is 0 Å². The number of imide groups is 1. The van der Waals surface area contributed by atoms with Crippen LogP contribution in [-0.4, -0.2) is 30.2 Å². The van der Waals surface area contributed by atoms with Crippen LogP contribution in [0.1, 0.15) is 45.6 Å². The fourth-order valence-electron chi connectivity index (χ4n) is 2.47. The Morgan fingerprint density at radius 2 is 1.87 bits per heavy atom. The highest BCUT2D eigenvalue weighted by Crippen LogP contribution is 2.39. The molecule has 0 spiro atoms. The third-order valence-electron chi connectivity index (χ3n) is 3.32. The number of carbonyl (C=O) groups is 3. The molecule has 1 aliphatic rings. The molecule has 1 unspecified atom stereocenters. The molecule has 2 amide bonds. The summed E-state index contributed by atoms with van der Waals surface area (Å²) in [7, 11) is 0. The Morgan fingerprint density at radius 3 is 2.48 bits per heavy atom. The van der Waals surface area contributed by atoms with E-state index in [9.17, 15) is 14.4 Å². The van der Waals surface area contributed by atoms with Crippen LogP contribution in [0.25, 0.3) is 0 Å². The van der Waals surface area contributed by atoms with Gasteiger partial charge in [-0.15, -0.1) is 0 Å². The van der Waals surface area contributed by atoms with Crippen molar-refractivity contribution in [2.45, 2.75) is 45.6 Å². The summed E-state index contributed by atoms with van der Waals surface area (Å²) in [4.78, 5) is 37.8. The summed E-state index contributed by atoms with van der Waals surface area (Å²) in [5.41, 5.74) is 0.378. The van der Waals surface area contributed by atoms with Crippen LogP contribution in [0.3, 0.4) is 0 Å². The second-order valence-corrected chi connectivity index (χ2v) is 6.27. The van der Waals surface area contributed by atoms with Gasteiger partial charge in [0.05, 0.1) is 24.6 Å². The standard InChI is InChI=1S/C17H21NO5/c1-5-22-14(19)10-12-11-8-6-7-9-13(11)18(15(12)20)16(21)23-17(2,3)4/h6-9,12H,5,10H2,1-4H3. The van der Waals surface area contributed by atoms with Crippen LogP contribution in [0.4, 0.5) is 10.5 Å². The number of amides is 2. The highest BCUT2D eigenvalue weighted by atomic mass is 16.6. The highest BCUT2D eigenvalue weighted by Gasteiger charge is 2.43. The Bertz CT molecular complexity index is 632. The molecule has 1 aromatic carbocycles. The summed E-state index contributed by atoms with van der Waals surface area (Å²) in [5, 5.41) is 0. The first-order valence-electron chi connectivity index (χ1n) is 7.56. The van der Waals surface area contributed by atoms with Gasteiger partial charge in [0.2, 0.25) is 5.91 Å². The monoisotopic (exact) mass is 319 g/mol. The second-order valence-electron chi connectivity index (χ2n) is 6.27. The van der Waals surface area contributed by atoms with Crippen LogP contribution >= 0.6 is 0 Å². The average molecular weight is 319 g/mol. The minimum Gasteiger partial charge on any atom is -0.466 e. The molecule has 23 heavy (non-hydrogen) atoms. The summed E-state index contributed by atoms with van der Waals surface area (Å²) in [5.74, 6) is -1.65. The number of esters is 1. The molecule has 0 N–H and O–H groups in total. The van der Waals surface area contributed by atoms with Gasteiger partial charge >= 0.3 is 12.1 Å². The molecule has 124 valence electrons. The molecule has 0 radical (unpaired) electrons. The zero-order valence-corrected chi connectivity index (χ0v) is 13.8. The first kappa shape index (κ1) is 17.0. The van der Waals surface area contributed by atoms with Crippen LogP contribution in [0, 0.1) is 0 Å². The lowest BCUT2D eigenvalue weighted by atomic mass is 9.97. The van der Waals surface area contributed by atoms with Crippen molar-refractivity contribution in [1.82, 2.24) is 0 Å². The fraction of sp³-hybridized carbons (Fsp3) is 0.471. The smallest absolute Gasteiger partial charge is 0.421 e. The van der Waals surface area contributed by atoms with Gasteiger partial charge in [0.25, 0.3) is 0 Å². The Morgan fingerprint density at radius 1 is 1.22 bits per heavy atom. The molecule has 1 aromatic rings. The maximum absolute atomic E-state index is 12.6. The number of ether oxygens (including phenoxy) is 2. The number of para-hydroxylation sites is 1. The zero-order valence-electron chi connectivity index (χ0n) is 13.8. The largest absolute Gasteiger partial charge is 0.466 e. The SMILES string of the molecule is CCOC(=O)CC1C(=O)N(C(=O)OC(C)(C)C)c2ccccc21. The summed E-state index contributed by atoms with van der Waals surface area (Å²) >= 11 is 0. The van der Waals surface area contributed by atoms with Crippen molar-refractivity contribution in [2.75, 3.05) is 11.5 Å². The van der Waals surface area contributed by atoms with Crippen molar-refractivity contribution in [2.24, 2.45) is 0 Å². The normalized spacial score (nSPS) is 17.0. The second kappa shape index (κ2) is 6.40. The van der Waals surface area contributed by atoms with E-state index in [-0.39, 0.29) is 13.0 Å². The Labute approximate surface area is 135 Å². The average Bonchev–Trinajstić information content (AvgIpc) is 2.70. The number of fused-ring (bicyclic) bond motifs is 1. The molecule has 1 heterocycles. The summed E-state index contributed by atoms with van der Waals surface area (Å²) in [6.45, 7) is 7.14. The minimum absolute atomic E-state index is 0.0943. The summed E-state index contributed by atoms with van der Waals surface area (Å²) in [6.07, 6.45) is -0.829. The third-order valence-corrected chi connectivity index (χ3v) is 3.32. The molecular formula is C17H21NO5. The van der Waals surface area contributed by atoms with Gasteiger partial charge < -0.3 is 9.47 Å². The topological polar surface area (TPSA) is 72.9 Å². The number of anilines is 1. The van der Waals surface area contributed by atoms with E-state index >= 15 is 0 Å². The van der Waals surface area contributed by atoms with Crippen LogP contribution in [-0.2, 0) is 19.1 Å². The van der Waals surface area contributed by atoms with Crippen LogP contribution in [0.15, 0.2) is 24.3 Å². The number of rotatable bonds is 3. The van der Waals surface area contributed by atoms with E-state index in [1.165, 1.54) is 0 Å².